The van der Waals surface area contributed by atoms with E-state index in [1.165, 1.54) is 6.20 Å². The van der Waals surface area contributed by atoms with E-state index < -0.39 is 5.56 Å². The quantitative estimate of drug-likeness (QED) is 0.717. The summed E-state index contributed by atoms with van der Waals surface area (Å²) in [6, 6.07) is 5.32. The van der Waals surface area contributed by atoms with Crippen LogP contribution in [0.4, 0.5) is 0 Å². The molecule has 3 N–H and O–H groups in total. The average Bonchev–Trinajstić information content (AvgIpc) is 2.77. The van der Waals surface area contributed by atoms with Crippen molar-refractivity contribution in [3.05, 3.63) is 52.3 Å². The Labute approximate surface area is 91.7 Å². The van der Waals surface area contributed by atoms with Crippen molar-refractivity contribution in [1.29, 1.82) is 0 Å². The molecule has 0 aliphatic rings. The average molecular weight is 220 g/mol. The van der Waals surface area contributed by atoms with E-state index in [4.69, 9.17) is 4.42 Å². The van der Waals surface area contributed by atoms with Crippen molar-refractivity contribution >= 4 is 0 Å². The summed E-state index contributed by atoms with van der Waals surface area (Å²) in [5.41, 5.74) is 0.0904. The van der Waals surface area contributed by atoms with Crippen LogP contribution in [0.2, 0.25) is 0 Å². The van der Waals surface area contributed by atoms with Gasteiger partial charge < -0.3 is 19.8 Å². The van der Waals surface area contributed by atoms with Gasteiger partial charge >= 0.3 is 0 Å². The topological polar surface area (TPSA) is 78.3 Å². The van der Waals surface area contributed by atoms with Crippen LogP contribution in [-0.4, -0.2) is 10.1 Å². The van der Waals surface area contributed by atoms with Crippen LogP contribution in [0.1, 0.15) is 11.3 Å². The van der Waals surface area contributed by atoms with Gasteiger partial charge in [0.15, 0.2) is 5.75 Å². The lowest BCUT2D eigenvalue weighted by molar-refractivity contribution is 0.449. The molecule has 0 bridgehead atoms. The second-order valence-corrected chi connectivity index (χ2v) is 3.36. The van der Waals surface area contributed by atoms with Crippen molar-refractivity contribution in [2.24, 2.45) is 0 Å². The highest BCUT2D eigenvalue weighted by Gasteiger charge is 2.04. The van der Waals surface area contributed by atoms with E-state index in [0.717, 1.165) is 5.76 Å². The van der Waals surface area contributed by atoms with Crippen LogP contribution >= 0.6 is 0 Å². The Bertz CT molecular complexity index is 502. The van der Waals surface area contributed by atoms with Gasteiger partial charge in [-0.25, -0.2) is 0 Å². The van der Waals surface area contributed by atoms with Crippen LogP contribution in [0.25, 0.3) is 0 Å². The molecule has 2 aromatic rings. The molecule has 2 rings (SSSR count). The predicted molar refractivity (Wildman–Crippen MR) is 58.0 cm³/mol. The largest absolute Gasteiger partial charge is 0.503 e. The van der Waals surface area contributed by atoms with E-state index >= 15 is 0 Å². The van der Waals surface area contributed by atoms with Crippen molar-refractivity contribution < 1.29 is 9.52 Å². The molecule has 16 heavy (non-hydrogen) atoms. The van der Waals surface area contributed by atoms with E-state index in [-0.39, 0.29) is 5.75 Å². The Hall–Kier alpha value is -2.01. The van der Waals surface area contributed by atoms with Crippen molar-refractivity contribution in [2.75, 3.05) is 0 Å². The molecule has 0 unspecified atom stereocenters. The first kappa shape index (κ1) is 10.5. The highest BCUT2D eigenvalue weighted by molar-refractivity contribution is 5.27. The number of rotatable bonds is 4. The van der Waals surface area contributed by atoms with Gasteiger partial charge in [-0.2, -0.15) is 0 Å². The van der Waals surface area contributed by atoms with Crippen LogP contribution in [0.3, 0.4) is 0 Å². The maximum atomic E-state index is 11.1. The number of H-pyrrole nitrogens is 1. The molecule has 2 heterocycles. The Morgan fingerprint density at radius 2 is 2.25 bits per heavy atom. The second kappa shape index (κ2) is 4.67. The first-order valence-electron chi connectivity index (χ1n) is 4.90. The smallest absolute Gasteiger partial charge is 0.290 e. The Morgan fingerprint density at radius 1 is 1.38 bits per heavy atom. The van der Waals surface area contributed by atoms with Crippen LogP contribution < -0.4 is 10.9 Å². The Balaban J connectivity index is 1.95. The summed E-state index contributed by atoms with van der Waals surface area (Å²) in [5.74, 6) is 0.568. The lowest BCUT2D eigenvalue weighted by Crippen LogP contribution is -2.15. The fraction of sp³-hybridized carbons (Fsp3) is 0.182. The van der Waals surface area contributed by atoms with Crippen LogP contribution in [0.5, 0.6) is 5.75 Å². The first-order valence-corrected chi connectivity index (χ1v) is 4.90. The lowest BCUT2D eigenvalue weighted by Gasteiger charge is -2.04. The van der Waals surface area contributed by atoms with Gasteiger partial charge in [-0.1, -0.05) is 0 Å². The maximum Gasteiger partial charge on any atom is 0.290 e. The lowest BCUT2D eigenvalue weighted by atomic mass is 10.2. The summed E-state index contributed by atoms with van der Waals surface area (Å²) >= 11 is 0. The Kier molecular flexibility index (Phi) is 3.07. The maximum absolute atomic E-state index is 11.1. The van der Waals surface area contributed by atoms with E-state index in [1.807, 2.05) is 12.1 Å². The number of aromatic amines is 1. The molecule has 0 aromatic carbocycles. The van der Waals surface area contributed by atoms with Crippen LogP contribution in [-0.2, 0) is 13.1 Å². The van der Waals surface area contributed by atoms with Crippen molar-refractivity contribution in [3.8, 4) is 5.75 Å². The molecule has 0 atom stereocenters. The van der Waals surface area contributed by atoms with Gasteiger partial charge in [-0.3, -0.25) is 4.79 Å². The highest BCUT2D eigenvalue weighted by atomic mass is 16.3. The molecule has 0 spiro atoms. The van der Waals surface area contributed by atoms with E-state index in [0.29, 0.717) is 18.7 Å². The third kappa shape index (κ3) is 2.32. The zero-order valence-electron chi connectivity index (χ0n) is 8.56. The van der Waals surface area contributed by atoms with Gasteiger partial charge in [0.05, 0.1) is 12.8 Å². The minimum atomic E-state index is -0.475. The molecule has 0 radical (unpaired) electrons. The first-order chi connectivity index (χ1) is 7.77. The number of hydrogen-bond donors (Lipinski definition) is 3. The standard InChI is InChI=1S/C11H12N2O3/c14-10-8(3-4-13-11(10)15)6-12-7-9-2-1-5-16-9/h1-5,12,14H,6-7H2,(H,13,15). The van der Waals surface area contributed by atoms with Gasteiger partial charge in [0.1, 0.15) is 5.76 Å². The monoisotopic (exact) mass is 220 g/mol. The summed E-state index contributed by atoms with van der Waals surface area (Å²) in [6.45, 7) is 0.968. The molecule has 0 amide bonds. The van der Waals surface area contributed by atoms with Gasteiger partial charge in [0.25, 0.3) is 5.56 Å². The molecular weight excluding hydrogens is 208 g/mol. The summed E-state index contributed by atoms with van der Waals surface area (Å²) in [7, 11) is 0. The fourth-order valence-corrected chi connectivity index (χ4v) is 1.39. The van der Waals surface area contributed by atoms with Crippen molar-refractivity contribution in [1.82, 2.24) is 10.3 Å². The molecule has 0 saturated heterocycles. The molecule has 2 aromatic heterocycles. The van der Waals surface area contributed by atoms with Crippen LogP contribution in [0, 0.1) is 0 Å². The highest BCUT2D eigenvalue weighted by Crippen LogP contribution is 2.09. The molecule has 0 fully saturated rings. The molecule has 0 aliphatic heterocycles. The number of aromatic nitrogens is 1. The normalized spacial score (nSPS) is 10.5. The molecule has 0 saturated carbocycles. The SMILES string of the molecule is O=c1[nH]ccc(CNCc2ccco2)c1O. The molecule has 0 aliphatic carbocycles. The molecule has 5 nitrogen and oxygen atoms in total. The summed E-state index contributed by atoms with van der Waals surface area (Å²) in [5, 5.41) is 12.5. The number of hydrogen-bond acceptors (Lipinski definition) is 4. The molecule has 84 valence electrons. The molecular formula is C11H12N2O3. The van der Waals surface area contributed by atoms with Gasteiger partial charge in [0.2, 0.25) is 0 Å². The number of pyridine rings is 1. The number of nitrogens with one attached hydrogen (secondary N) is 2. The summed E-state index contributed by atoms with van der Waals surface area (Å²) < 4.78 is 5.13. The third-order valence-electron chi connectivity index (χ3n) is 2.21. The van der Waals surface area contributed by atoms with Crippen molar-refractivity contribution in [3.63, 3.8) is 0 Å². The van der Waals surface area contributed by atoms with E-state index in [9.17, 15) is 9.90 Å². The molecule has 5 heteroatoms. The predicted octanol–water partition coefficient (Wildman–Crippen LogP) is 0.963. The minimum absolute atomic E-state index is 0.241. The van der Waals surface area contributed by atoms with E-state index in [2.05, 4.69) is 10.3 Å². The number of aromatic hydroxyl groups is 1. The fourth-order valence-electron chi connectivity index (χ4n) is 1.39. The third-order valence-corrected chi connectivity index (χ3v) is 2.21. The zero-order valence-corrected chi connectivity index (χ0v) is 8.56. The minimum Gasteiger partial charge on any atom is -0.503 e. The van der Waals surface area contributed by atoms with E-state index in [1.54, 1.807) is 12.3 Å². The summed E-state index contributed by atoms with van der Waals surface area (Å²) in [6.07, 6.45) is 3.10. The second-order valence-electron chi connectivity index (χ2n) is 3.36. The van der Waals surface area contributed by atoms with Gasteiger partial charge in [0, 0.05) is 18.3 Å². The van der Waals surface area contributed by atoms with Crippen LogP contribution in [0.15, 0.2) is 39.9 Å². The van der Waals surface area contributed by atoms with Crippen molar-refractivity contribution in [2.45, 2.75) is 13.1 Å². The van der Waals surface area contributed by atoms with Gasteiger partial charge in [-0.15, -0.1) is 0 Å². The number of furan rings is 1. The van der Waals surface area contributed by atoms with Gasteiger partial charge in [-0.05, 0) is 18.2 Å². The Morgan fingerprint density at radius 3 is 3.00 bits per heavy atom. The summed E-state index contributed by atoms with van der Waals surface area (Å²) in [4.78, 5) is 13.5. The zero-order chi connectivity index (χ0) is 11.4.